The van der Waals surface area contributed by atoms with Crippen molar-refractivity contribution in [3.05, 3.63) is 95.4 Å². The quantitative estimate of drug-likeness (QED) is 0.355. The zero-order chi connectivity index (χ0) is 24.5. The molecule has 1 N–H and O–H groups in total. The normalized spacial score (nSPS) is 13.8. The van der Waals surface area contributed by atoms with Crippen molar-refractivity contribution in [1.82, 2.24) is 14.8 Å². The highest BCUT2D eigenvalue weighted by Gasteiger charge is 2.30. The van der Waals surface area contributed by atoms with Gasteiger partial charge in [0.1, 0.15) is 5.82 Å². The maximum Gasteiger partial charge on any atom is 0.295 e. The van der Waals surface area contributed by atoms with Gasteiger partial charge in [0, 0.05) is 48.9 Å². The van der Waals surface area contributed by atoms with Gasteiger partial charge < -0.3 is 14.8 Å². The number of aromatic amines is 1. The minimum atomic E-state index is -0.585. The molecule has 1 aliphatic rings. The van der Waals surface area contributed by atoms with Crippen LogP contribution in [0.1, 0.15) is 26.3 Å². The van der Waals surface area contributed by atoms with Crippen LogP contribution in [-0.2, 0) is 4.79 Å². The fourth-order valence-corrected chi connectivity index (χ4v) is 4.60. The highest BCUT2D eigenvalue weighted by atomic mass is 19.1. The van der Waals surface area contributed by atoms with Crippen LogP contribution >= 0.6 is 0 Å². The van der Waals surface area contributed by atoms with Gasteiger partial charge in [-0.05, 0) is 42.3 Å². The molecule has 1 aliphatic heterocycles. The molecule has 2 heterocycles. The zero-order valence-electron chi connectivity index (χ0n) is 19.3. The molecule has 1 fully saturated rings. The average Bonchev–Trinajstić information content (AvgIpc) is 3.35. The van der Waals surface area contributed by atoms with Crippen LogP contribution in [0.2, 0.25) is 0 Å². The molecule has 1 aromatic heterocycles. The number of hydrogen-bond donors (Lipinski definition) is 1. The van der Waals surface area contributed by atoms with Gasteiger partial charge in [0.2, 0.25) is 0 Å². The van der Waals surface area contributed by atoms with Crippen molar-refractivity contribution in [3.63, 3.8) is 0 Å². The first-order valence-electron chi connectivity index (χ1n) is 11.5. The minimum Gasteiger partial charge on any atom is -0.360 e. The molecular formula is C28H24FN3O3. The van der Waals surface area contributed by atoms with Gasteiger partial charge in [0.25, 0.3) is 17.6 Å². The number of Topliss-reactive ketones (excluding diaryl/α,β-unsaturated/α-hetero) is 1. The Hall–Kier alpha value is -4.26. The number of nitrogens with one attached hydrogen (secondary N) is 1. The van der Waals surface area contributed by atoms with Crippen molar-refractivity contribution < 1.29 is 18.8 Å². The molecular weight excluding hydrogens is 445 g/mol. The Labute approximate surface area is 202 Å². The third-order valence-corrected chi connectivity index (χ3v) is 6.51. The van der Waals surface area contributed by atoms with Crippen LogP contribution in [0.25, 0.3) is 22.0 Å². The van der Waals surface area contributed by atoms with Crippen molar-refractivity contribution in [2.45, 2.75) is 6.92 Å². The molecule has 176 valence electrons. The average molecular weight is 470 g/mol. The summed E-state index contributed by atoms with van der Waals surface area (Å²) in [7, 11) is 0. The lowest BCUT2D eigenvalue weighted by Crippen LogP contribution is -2.52. The second-order valence-electron chi connectivity index (χ2n) is 8.67. The second kappa shape index (κ2) is 9.18. The summed E-state index contributed by atoms with van der Waals surface area (Å²) in [6, 6.07) is 19.0. The highest BCUT2D eigenvalue weighted by Crippen LogP contribution is 2.32. The van der Waals surface area contributed by atoms with E-state index in [0.29, 0.717) is 42.7 Å². The topological polar surface area (TPSA) is 73.5 Å². The Morgan fingerprint density at radius 1 is 0.829 bits per heavy atom. The molecule has 0 aliphatic carbocycles. The summed E-state index contributed by atoms with van der Waals surface area (Å²) < 4.78 is 13.4. The Kier molecular flexibility index (Phi) is 5.91. The maximum absolute atomic E-state index is 13.4. The molecule has 2 amide bonds. The van der Waals surface area contributed by atoms with E-state index in [-0.39, 0.29) is 11.7 Å². The molecule has 0 spiro atoms. The van der Waals surface area contributed by atoms with E-state index in [9.17, 15) is 18.8 Å². The van der Waals surface area contributed by atoms with Crippen molar-refractivity contribution in [3.8, 4) is 11.1 Å². The summed E-state index contributed by atoms with van der Waals surface area (Å²) >= 11 is 0. The van der Waals surface area contributed by atoms with Gasteiger partial charge in [-0.2, -0.15) is 0 Å². The summed E-state index contributed by atoms with van der Waals surface area (Å²) in [5.74, 6) is -1.57. The lowest BCUT2D eigenvalue weighted by molar-refractivity contribution is -0.127. The molecule has 0 unspecified atom stereocenters. The molecule has 5 rings (SSSR count). The van der Waals surface area contributed by atoms with Crippen LogP contribution < -0.4 is 0 Å². The van der Waals surface area contributed by atoms with Gasteiger partial charge in [0.15, 0.2) is 0 Å². The van der Waals surface area contributed by atoms with E-state index in [1.807, 2.05) is 37.3 Å². The minimum absolute atomic E-state index is 0.0791. The first kappa shape index (κ1) is 22.5. The number of aromatic nitrogens is 1. The van der Waals surface area contributed by atoms with Crippen molar-refractivity contribution in [2.75, 3.05) is 26.2 Å². The number of piperazine rings is 1. The first-order chi connectivity index (χ1) is 16.9. The summed E-state index contributed by atoms with van der Waals surface area (Å²) in [6.45, 7) is 3.22. The third-order valence-electron chi connectivity index (χ3n) is 6.51. The van der Waals surface area contributed by atoms with Crippen molar-refractivity contribution in [2.24, 2.45) is 0 Å². The molecule has 7 heteroatoms. The Bertz CT molecular complexity index is 1420. The Morgan fingerprint density at radius 3 is 2.17 bits per heavy atom. The molecule has 35 heavy (non-hydrogen) atoms. The SMILES string of the molecule is Cc1ccc(-c2ccc(F)cc2)c2[nH]cc(C(=O)C(=O)N3CCN(C(=O)c4ccccc4)CC3)c12. The number of aryl methyl sites for hydroxylation is 1. The largest absolute Gasteiger partial charge is 0.360 e. The summed E-state index contributed by atoms with van der Waals surface area (Å²) in [4.78, 5) is 45.4. The third kappa shape index (κ3) is 4.21. The number of rotatable bonds is 4. The fourth-order valence-electron chi connectivity index (χ4n) is 4.60. The number of nitrogens with zero attached hydrogens (tertiary/aromatic N) is 2. The smallest absolute Gasteiger partial charge is 0.295 e. The van der Waals surface area contributed by atoms with Crippen LogP contribution in [0, 0.1) is 12.7 Å². The van der Waals surface area contributed by atoms with Gasteiger partial charge >= 0.3 is 0 Å². The lowest BCUT2D eigenvalue weighted by atomic mass is 9.97. The molecule has 0 atom stereocenters. The van der Waals surface area contributed by atoms with E-state index < -0.39 is 11.7 Å². The van der Waals surface area contributed by atoms with Crippen LogP contribution in [0.3, 0.4) is 0 Å². The second-order valence-corrected chi connectivity index (χ2v) is 8.67. The molecule has 6 nitrogen and oxygen atoms in total. The molecule has 0 radical (unpaired) electrons. The fraction of sp³-hybridized carbons (Fsp3) is 0.179. The van der Waals surface area contributed by atoms with Gasteiger partial charge in [-0.3, -0.25) is 14.4 Å². The predicted molar refractivity (Wildman–Crippen MR) is 132 cm³/mol. The van der Waals surface area contributed by atoms with Crippen LogP contribution in [-0.4, -0.2) is 58.6 Å². The molecule has 3 aromatic carbocycles. The standard InChI is InChI=1S/C28H24FN3O3/c1-18-7-12-22(19-8-10-21(29)11-9-19)25-24(18)23(17-30-25)26(33)28(35)32-15-13-31(14-16-32)27(34)20-5-3-2-4-6-20/h2-12,17,30H,13-16H2,1H3. The van der Waals surface area contributed by atoms with E-state index in [0.717, 1.165) is 22.2 Å². The van der Waals surface area contributed by atoms with Crippen LogP contribution in [0.15, 0.2) is 72.9 Å². The number of carbonyl (C=O) groups excluding carboxylic acids is 3. The molecule has 4 aromatic rings. The summed E-state index contributed by atoms with van der Waals surface area (Å²) in [6.07, 6.45) is 1.57. The number of carbonyl (C=O) groups is 3. The number of halogens is 1. The van der Waals surface area contributed by atoms with E-state index in [1.54, 1.807) is 35.4 Å². The first-order valence-corrected chi connectivity index (χ1v) is 11.5. The van der Waals surface area contributed by atoms with Gasteiger partial charge in [0.05, 0.1) is 11.1 Å². The van der Waals surface area contributed by atoms with E-state index in [2.05, 4.69) is 4.98 Å². The van der Waals surface area contributed by atoms with Crippen molar-refractivity contribution >= 4 is 28.5 Å². The van der Waals surface area contributed by atoms with Gasteiger partial charge in [-0.1, -0.05) is 42.5 Å². The number of hydrogen-bond acceptors (Lipinski definition) is 3. The number of benzene rings is 3. The zero-order valence-corrected chi connectivity index (χ0v) is 19.3. The summed E-state index contributed by atoms with van der Waals surface area (Å²) in [5, 5.41) is 0.683. The maximum atomic E-state index is 13.4. The Balaban J connectivity index is 1.35. The molecule has 0 saturated carbocycles. The van der Waals surface area contributed by atoms with E-state index in [1.165, 1.54) is 17.0 Å². The van der Waals surface area contributed by atoms with Crippen molar-refractivity contribution in [1.29, 1.82) is 0 Å². The highest BCUT2D eigenvalue weighted by molar-refractivity contribution is 6.45. The van der Waals surface area contributed by atoms with E-state index >= 15 is 0 Å². The Morgan fingerprint density at radius 2 is 1.49 bits per heavy atom. The number of H-pyrrole nitrogens is 1. The van der Waals surface area contributed by atoms with Gasteiger partial charge in [-0.25, -0.2) is 4.39 Å². The number of amides is 2. The van der Waals surface area contributed by atoms with Crippen LogP contribution in [0.5, 0.6) is 0 Å². The summed E-state index contributed by atoms with van der Waals surface area (Å²) in [5.41, 5.74) is 4.14. The molecule has 1 saturated heterocycles. The predicted octanol–water partition coefficient (Wildman–Crippen LogP) is 4.45. The van der Waals surface area contributed by atoms with E-state index in [4.69, 9.17) is 0 Å². The number of ketones is 1. The molecule has 0 bridgehead atoms. The lowest BCUT2D eigenvalue weighted by Gasteiger charge is -2.34. The number of fused-ring (bicyclic) bond motifs is 1. The van der Waals surface area contributed by atoms with Gasteiger partial charge in [-0.15, -0.1) is 0 Å². The van der Waals surface area contributed by atoms with Crippen LogP contribution in [0.4, 0.5) is 4.39 Å². The monoisotopic (exact) mass is 469 g/mol.